The minimum absolute atomic E-state index is 0. The summed E-state index contributed by atoms with van der Waals surface area (Å²) in [6.45, 7) is 1.43. The van der Waals surface area contributed by atoms with Crippen LogP contribution < -0.4 is 34.7 Å². The Morgan fingerprint density at radius 3 is 2.28 bits per heavy atom. The van der Waals surface area contributed by atoms with E-state index in [0.717, 1.165) is 5.56 Å². The molecule has 0 saturated carbocycles. The molecular formula is C13H17NaO4. The van der Waals surface area contributed by atoms with Gasteiger partial charge >= 0.3 is 29.6 Å². The van der Waals surface area contributed by atoms with Crippen LogP contribution >= 0.6 is 0 Å². The second kappa shape index (κ2) is 8.67. The predicted octanol–water partition coefficient (Wildman–Crippen LogP) is -3.27. The van der Waals surface area contributed by atoms with Crippen LogP contribution in [0.2, 0.25) is 0 Å². The molecule has 1 rings (SSSR count). The number of benzene rings is 1. The summed E-state index contributed by atoms with van der Waals surface area (Å²) in [6, 6.07) is 9.15. The van der Waals surface area contributed by atoms with E-state index in [9.17, 15) is 15.0 Å². The van der Waals surface area contributed by atoms with Crippen molar-refractivity contribution >= 4 is 5.97 Å². The smallest absolute Gasteiger partial charge is 0.550 e. The van der Waals surface area contributed by atoms with Crippen LogP contribution in [0.4, 0.5) is 0 Å². The van der Waals surface area contributed by atoms with Gasteiger partial charge < -0.3 is 20.1 Å². The van der Waals surface area contributed by atoms with Gasteiger partial charge in [-0.1, -0.05) is 30.3 Å². The fourth-order valence-electron chi connectivity index (χ4n) is 1.65. The van der Waals surface area contributed by atoms with Crippen molar-refractivity contribution in [1.29, 1.82) is 0 Å². The monoisotopic (exact) mass is 260 g/mol. The first-order chi connectivity index (χ1) is 8.00. The fraction of sp³-hybridized carbons (Fsp3) is 0.462. The molecule has 0 amide bonds. The molecule has 0 aliphatic carbocycles. The van der Waals surface area contributed by atoms with E-state index in [4.69, 9.17) is 5.11 Å². The number of rotatable bonds is 6. The molecule has 0 aromatic heterocycles. The Labute approximate surface area is 129 Å². The number of carbonyl (C=O) groups excluding carboxylic acids is 1. The van der Waals surface area contributed by atoms with Gasteiger partial charge in [-0.05, 0) is 25.3 Å². The van der Waals surface area contributed by atoms with Crippen molar-refractivity contribution in [1.82, 2.24) is 0 Å². The Morgan fingerprint density at radius 1 is 1.28 bits per heavy atom. The second-order valence-corrected chi connectivity index (χ2v) is 4.25. The molecule has 0 saturated heterocycles. The number of aliphatic carboxylic acids is 1. The molecule has 4 nitrogen and oxygen atoms in total. The van der Waals surface area contributed by atoms with Crippen LogP contribution in [0.1, 0.15) is 18.9 Å². The third-order valence-corrected chi connectivity index (χ3v) is 2.74. The Hall–Kier alpha value is -0.390. The van der Waals surface area contributed by atoms with E-state index in [1.54, 1.807) is 0 Å². The quantitative estimate of drug-likeness (QED) is 0.526. The predicted molar refractivity (Wildman–Crippen MR) is 60.9 cm³/mol. The van der Waals surface area contributed by atoms with E-state index in [1.165, 1.54) is 6.92 Å². The third-order valence-electron chi connectivity index (χ3n) is 2.74. The number of carbonyl (C=O) groups is 1. The maximum Gasteiger partial charge on any atom is 1.00 e. The van der Waals surface area contributed by atoms with Crippen molar-refractivity contribution in [2.24, 2.45) is 5.92 Å². The number of aliphatic hydroxyl groups excluding tert-OH is 2. The number of hydrogen-bond acceptors (Lipinski definition) is 4. The van der Waals surface area contributed by atoms with Gasteiger partial charge in [0.15, 0.2) is 0 Å². The Bertz CT molecular complexity index is 353. The second-order valence-electron chi connectivity index (χ2n) is 4.25. The summed E-state index contributed by atoms with van der Waals surface area (Å²) in [5.74, 6) is -1.99. The average Bonchev–Trinajstić information content (AvgIpc) is 2.29. The van der Waals surface area contributed by atoms with Crippen molar-refractivity contribution in [3.63, 3.8) is 0 Å². The Kier molecular flexibility index (Phi) is 8.48. The third kappa shape index (κ3) is 5.98. The summed E-state index contributed by atoms with van der Waals surface area (Å²) in [6.07, 6.45) is -1.68. The van der Waals surface area contributed by atoms with Gasteiger partial charge in [-0.3, -0.25) is 0 Å². The largest absolute Gasteiger partial charge is 1.00 e. The van der Waals surface area contributed by atoms with E-state index in [-0.39, 0.29) is 36.0 Å². The topological polar surface area (TPSA) is 80.6 Å². The van der Waals surface area contributed by atoms with Crippen LogP contribution in [-0.2, 0) is 11.2 Å². The summed E-state index contributed by atoms with van der Waals surface area (Å²) in [5, 5.41) is 29.6. The van der Waals surface area contributed by atoms with Gasteiger partial charge in [-0.15, -0.1) is 0 Å². The molecule has 94 valence electrons. The normalized spacial score (nSPS) is 15.3. The minimum Gasteiger partial charge on any atom is -0.550 e. The van der Waals surface area contributed by atoms with Gasteiger partial charge in [-0.2, -0.15) is 0 Å². The van der Waals surface area contributed by atoms with Crippen molar-refractivity contribution in [2.75, 3.05) is 0 Å². The zero-order valence-electron chi connectivity index (χ0n) is 10.7. The zero-order chi connectivity index (χ0) is 12.8. The zero-order valence-corrected chi connectivity index (χ0v) is 12.7. The van der Waals surface area contributed by atoms with Crippen LogP contribution in [0.3, 0.4) is 0 Å². The molecular weight excluding hydrogens is 243 g/mol. The Balaban J connectivity index is 0.00000289. The molecule has 0 spiro atoms. The van der Waals surface area contributed by atoms with Gasteiger partial charge in [0.25, 0.3) is 0 Å². The Morgan fingerprint density at radius 2 is 1.83 bits per heavy atom. The van der Waals surface area contributed by atoms with Gasteiger partial charge in [0.05, 0.1) is 12.2 Å². The molecule has 0 heterocycles. The molecule has 2 N–H and O–H groups in total. The van der Waals surface area contributed by atoms with E-state index in [1.807, 2.05) is 30.3 Å². The molecule has 18 heavy (non-hydrogen) atoms. The molecule has 1 unspecified atom stereocenters. The van der Waals surface area contributed by atoms with Gasteiger partial charge in [0.1, 0.15) is 0 Å². The van der Waals surface area contributed by atoms with Crippen molar-refractivity contribution in [3.05, 3.63) is 35.9 Å². The first-order valence-corrected chi connectivity index (χ1v) is 5.61. The SMILES string of the molecule is C[C@H](O)[C@H](O)CC(Cc1ccccc1)C(=O)[O-].[Na+]. The standard InChI is InChI=1S/C13H18O4.Na/c1-9(14)12(15)8-11(13(16)17)7-10-5-3-2-4-6-10;/h2-6,9,11-12,14-15H,7-8H2,1H3,(H,16,17);/q;+1/p-1/t9-,11?,12+;/m0./s1. The summed E-state index contributed by atoms with van der Waals surface area (Å²) >= 11 is 0. The fourth-order valence-corrected chi connectivity index (χ4v) is 1.65. The molecule has 0 aliphatic heterocycles. The van der Waals surface area contributed by atoms with Crippen LogP contribution in [-0.4, -0.2) is 28.4 Å². The molecule has 1 aromatic rings. The summed E-state index contributed by atoms with van der Waals surface area (Å²) in [7, 11) is 0. The first-order valence-electron chi connectivity index (χ1n) is 5.61. The summed E-state index contributed by atoms with van der Waals surface area (Å²) in [5.41, 5.74) is 0.875. The average molecular weight is 260 g/mol. The molecule has 0 radical (unpaired) electrons. The number of aliphatic hydroxyl groups is 2. The maximum atomic E-state index is 11.0. The van der Waals surface area contributed by atoms with Gasteiger partial charge in [-0.25, -0.2) is 0 Å². The number of hydrogen-bond donors (Lipinski definition) is 2. The molecule has 0 fully saturated rings. The van der Waals surface area contributed by atoms with Crippen LogP contribution in [0.15, 0.2) is 30.3 Å². The molecule has 0 bridgehead atoms. The summed E-state index contributed by atoms with van der Waals surface area (Å²) < 4.78 is 0. The number of carboxylic acid groups (broad SMARTS) is 1. The van der Waals surface area contributed by atoms with Crippen LogP contribution in [0.5, 0.6) is 0 Å². The molecule has 0 aliphatic rings. The molecule has 3 atom stereocenters. The van der Waals surface area contributed by atoms with Crippen LogP contribution in [0.25, 0.3) is 0 Å². The van der Waals surface area contributed by atoms with Crippen molar-refractivity contribution in [3.8, 4) is 0 Å². The van der Waals surface area contributed by atoms with E-state index in [2.05, 4.69) is 0 Å². The molecule has 5 heteroatoms. The number of carboxylic acids is 1. The van der Waals surface area contributed by atoms with Crippen LogP contribution in [0, 0.1) is 5.92 Å². The van der Waals surface area contributed by atoms with Crippen molar-refractivity contribution in [2.45, 2.75) is 32.0 Å². The van der Waals surface area contributed by atoms with Gasteiger partial charge in [0, 0.05) is 11.9 Å². The maximum absolute atomic E-state index is 11.0. The van der Waals surface area contributed by atoms with Crippen molar-refractivity contribution < 1.29 is 49.7 Å². The van der Waals surface area contributed by atoms with Gasteiger partial charge in [0.2, 0.25) is 0 Å². The first kappa shape index (κ1) is 17.6. The minimum atomic E-state index is -1.20. The van der Waals surface area contributed by atoms with E-state index >= 15 is 0 Å². The summed E-state index contributed by atoms with van der Waals surface area (Å²) in [4.78, 5) is 11.0. The van der Waals surface area contributed by atoms with E-state index in [0.29, 0.717) is 6.42 Å². The molecule has 1 aromatic carbocycles. The van der Waals surface area contributed by atoms with E-state index < -0.39 is 24.1 Å².